The third-order valence-corrected chi connectivity index (χ3v) is 5.92. The SMILES string of the molecule is Nc1sc(-c2c(F)cccc2F)nc1C(=O)Cc1cnccc1N1CCCCC1. The van der Waals surface area contributed by atoms with Crippen molar-refractivity contribution in [3.05, 3.63) is 59.6 Å². The Morgan fingerprint density at radius 2 is 1.86 bits per heavy atom. The van der Waals surface area contributed by atoms with E-state index >= 15 is 0 Å². The van der Waals surface area contributed by atoms with Crippen LogP contribution in [0, 0.1) is 11.6 Å². The van der Waals surface area contributed by atoms with Gasteiger partial charge in [-0.15, -0.1) is 0 Å². The van der Waals surface area contributed by atoms with Gasteiger partial charge in [0.15, 0.2) is 5.78 Å². The number of nitrogens with zero attached hydrogens (tertiary/aromatic N) is 3. The number of halogens is 2. The largest absolute Gasteiger partial charge is 0.389 e. The predicted octanol–water partition coefficient (Wildman–Crippen LogP) is 4.48. The van der Waals surface area contributed by atoms with E-state index in [1.54, 1.807) is 12.4 Å². The van der Waals surface area contributed by atoms with Crippen molar-refractivity contribution in [2.45, 2.75) is 25.7 Å². The van der Waals surface area contributed by atoms with Gasteiger partial charge in [0.1, 0.15) is 27.3 Å². The molecule has 0 amide bonds. The van der Waals surface area contributed by atoms with Crippen molar-refractivity contribution in [3.63, 3.8) is 0 Å². The molecule has 5 nitrogen and oxygen atoms in total. The summed E-state index contributed by atoms with van der Waals surface area (Å²) in [5, 5.41) is 0.208. The summed E-state index contributed by atoms with van der Waals surface area (Å²) in [5.41, 5.74) is 7.54. The number of nitrogen functional groups attached to an aromatic ring is 1. The molecule has 2 N–H and O–H groups in total. The average molecular weight is 414 g/mol. The van der Waals surface area contributed by atoms with Crippen LogP contribution in [0.4, 0.5) is 19.5 Å². The van der Waals surface area contributed by atoms with Crippen LogP contribution >= 0.6 is 11.3 Å². The number of piperidine rings is 1. The number of pyridine rings is 1. The standard InChI is InChI=1S/C21H20F2N4OS/c22-14-5-4-6-15(23)18(14)21-26-19(20(24)29-21)17(28)11-13-12-25-8-7-16(13)27-9-2-1-3-10-27/h4-8,12H,1-3,9-11,24H2. The minimum atomic E-state index is -0.739. The predicted molar refractivity (Wildman–Crippen MR) is 110 cm³/mol. The molecule has 8 heteroatoms. The van der Waals surface area contributed by atoms with Gasteiger partial charge in [-0.2, -0.15) is 0 Å². The molecule has 0 bridgehead atoms. The molecule has 1 aliphatic heterocycles. The van der Waals surface area contributed by atoms with Gasteiger partial charge in [-0.1, -0.05) is 17.4 Å². The van der Waals surface area contributed by atoms with E-state index in [4.69, 9.17) is 5.73 Å². The molecule has 150 valence electrons. The van der Waals surface area contributed by atoms with Gasteiger partial charge in [0.25, 0.3) is 0 Å². The van der Waals surface area contributed by atoms with E-state index in [-0.39, 0.29) is 33.5 Å². The Hall–Kier alpha value is -2.87. The first-order chi connectivity index (χ1) is 14.0. The van der Waals surface area contributed by atoms with E-state index in [1.165, 1.54) is 12.5 Å². The molecule has 0 radical (unpaired) electrons. The Balaban J connectivity index is 1.61. The summed E-state index contributed by atoms with van der Waals surface area (Å²) in [6.45, 7) is 1.89. The highest BCUT2D eigenvalue weighted by Crippen LogP contribution is 2.34. The molecule has 1 aromatic carbocycles. The second-order valence-corrected chi connectivity index (χ2v) is 8.01. The van der Waals surface area contributed by atoms with E-state index in [1.807, 2.05) is 6.07 Å². The molecule has 0 unspecified atom stereocenters. The molecule has 4 rings (SSSR count). The minimum absolute atomic E-state index is 0.0427. The first-order valence-corrected chi connectivity index (χ1v) is 10.3. The number of aromatic nitrogens is 2. The highest BCUT2D eigenvalue weighted by atomic mass is 32.1. The third-order valence-electron chi connectivity index (χ3n) is 5.02. The molecule has 1 saturated heterocycles. The number of benzene rings is 1. The van der Waals surface area contributed by atoms with Gasteiger partial charge in [-0.05, 0) is 37.5 Å². The summed E-state index contributed by atoms with van der Waals surface area (Å²) in [5.74, 6) is -1.78. The summed E-state index contributed by atoms with van der Waals surface area (Å²) < 4.78 is 28.1. The van der Waals surface area contributed by atoms with Crippen LogP contribution in [0.15, 0.2) is 36.7 Å². The smallest absolute Gasteiger partial charge is 0.188 e. The van der Waals surface area contributed by atoms with E-state index in [0.717, 1.165) is 60.7 Å². The van der Waals surface area contributed by atoms with Gasteiger partial charge in [0, 0.05) is 43.2 Å². The lowest BCUT2D eigenvalue weighted by Gasteiger charge is -2.30. The van der Waals surface area contributed by atoms with Crippen molar-refractivity contribution in [2.75, 3.05) is 23.7 Å². The average Bonchev–Trinajstić information content (AvgIpc) is 3.10. The number of hydrogen-bond acceptors (Lipinski definition) is 6. The quantitative estimate of drug-likeness (QED) is 0.623. The fourth-order valence-electron chi connectivity index (χ4n) is 3.60. The highest BCUT2D eigenvalue weighted by molar-refractivity contribution is 7.19. The van der Waals surface area contributed by atoms with E-state index in [9.17, 15) is 13.6 Å². The number of carbonyl (C=O) groups is 1. The third kappa shape index (κ3) is 3.98. The van der Waals surface area contributed by atoms with Gasteiger partial charge in [0.2, 0.25) is 0 Å². The fourth-order valence-corrected chi connectivity index (χ4v) is 4.50. The lowest BCUT2D eigenvalue weighted by atomic mass is 10.0. The van der Waals surface area contributed by atoms with Crippen LogP contribution in [-0.2, 0) is 6.42 Å². The van der Waals surface area contributed by atoms with Crippen molar-refractivity contribution < 1.29 is 13.6 Å². The summed E-state index contributed by atoms with van der Waals surface area (Å²) in [6.07, 6.45) is 6.92. The summed E-state index contributed by atoms with van der Waals surface area (Å²) in [6, 6.07) is 5.50. The van der Waals surface area contributed by atoms with E-state index in [0.29, 0.717) is 0 Å². The van der Waals surface area contributed by atoms with Crippen molar-refractivity contribution in [1.29, 1.82) is 0 Å². The summed E-state index contributed by atoms with van der Waals surface area (Å²) >= 11 is 0.907. The molecule has 0 aliphatic carbocycles. The first kappa shape index (κ1) is 19.4. The number of Topliss-reactive ketones (excluding diaryl/α,β-unsaturated/α-hetero) is 1. The molecule has 3 heterocycles. The van der Waals surface area contributed by atoms with Gasteiger partial charge in [0.05, 0.1) is 5.56 Å². The lowest BCUT2D eigenvalue weighted by molar-refractivity contribution is 0.0989. The zero-order valence-corrected chi connectivity index (χ0v) is 16.5. The van der Waals surface area contributed by atoms with Crippen molar-refractivity contribution in [2.24, 2.45) is 0 Å². The molecule has 0 saturated carbocycles. The maximum atomic E-state index is 14.1. The molecule has 29 heavy (non-hydrogen) atoms. The van der Waals surface area contributed by atoms with Crippen molar-refractivity contribution in [3.8, 4) is 10.6 Å². The van der Waals surface area contributed by atoms with E-state index < -0.39 is 11.6 Å². The molecular formula is C21H20F2N4OS. The summed E-state index contributed by atoms with van der Waals surface area (Å²) in [7, 11) is 0. The van der Waals surface area contributed by atoms with Gasteiger partial charge >= 0.3 is 0 Å². The zero-order chi connectivity index (χ0) is 20.4. The molecular weight excluding hydrogens is 394 g/mol. The normalized spacial score (nSPS) is 14.2. The molecule has 3 aromatic rings. The number of carbonyl (C=O) groups excluding carboxylic acids is 1. The topological polar surface area (TPSA) is 72.1 Å². The monoisotopic (exact) mass is 414 g/mol. The molecule has 1 aliphatic rings. The minimum Gasteiger partial charge on any atom is -0.389 e. The number of hydrogen-bond donors (Lipinski definition) is 1. The Morgan fingerprint density at radius 1 is 1.14 bits per heavy atom. The fraction of sp³-hybridized carbons (Fsp3) is 0.286. The number of rotatable bonds is 5. The van der Waals surface area contributed by atoms with Crippen LogP contribution < -0.4 is 10.6 Å². The second kappa shape index (κ2) is 8.24. The maximum absolute atomic E-state index is 14.1. The number of ketones is 1. The summed E-state index contributed by atoms with van der Waals surface area (Å²) in [4.78, 5) is 23.5. The second-order valence-electron chi connectivity index (χ2n) is 6.98. The van der Waals surface area contributed by atoms with Crippen LogP contribution in [0.3, 0.4) is 0 Å². The van der Waals surface area contributed by atoms with Crippen LogP contribution in [0.25, 0.3) is 10.6 Å². The molecule has 0 atom stereocenters. The van der Waals surface area contributed by atoms with Gasteiger partial charge in [-0.3, -0.25) is 9.78 Å². The molecule has 0 spiro atoms. The maximum Gasteiger partial charge on any atom is 0.188 e. The van der Waals surface area contributed by atoms with Crippen LogP contribution in [0.1, 0.15) is 35.3 Å². The van der Waals surface area contributed by atoms with Gasteiger partial charge in [-0.25, -0.2) is 13.8 Å². The van der Waals surface area contributed by atoms with E-state index in [2.05, 4.69) is 14.9 Å². The molecule has 1 fully saturated rings. The highest BCUT2D eigenvalue weighted by Gasteiger charge is 2.23. The molecule has 2 aromatic heterocycles. The first-order valence-electron chi connectivity index (χ1n) is 9.46. The van der Waals surface area contributed by atoms with Crippen molar-refractivity contribution in [1.82, 2.24) is 9.97 Å². The van der Waals surface area contributed by atoms with Crippen LogP contribution in [0.2, 0.25) is 0 Å². The Morgan fingerprint density at radius 3 is 2.59 bits per heavy atom. The lowest BCUT2D eigenvalue weighted by Crippen LogP contribution is -2.30. The number of nitrogens with two attached hydrogens (primary N) is 1. The van der Waals surface area contributed by atoms with Crippen LogP contribution in [-0.4, -0.2) is 28.8 Å². The van der Waals surface area contributed by atoms with Gasteiger partial charge < -0.3 is 10.6 Å². The van der Waals surface area contributed by atoms with Crippen molar-refractivity contribution >= 4 is 27.8 Å². The van der Waals surface area contributed by atoms with Crippen LogP contribution in [0.5, 0.6) is 0 Å². The number of anilines is 2. The number of thiazole rings is 1. The Kier molecular flexibility index (Phi) is 5.53. The Labute approximate surface area is 171 Å². The zero-order valence-electron chi connectivity index (χ0n) is 15.7. The Bertz CT molecular complexity index is 1030.